The predicted octanol–water partition coefficient (Wildman–Crippen LogP) is 2.89. The fourth-order valence-electron chi connectivity index (χ4n) is 1.80. The van der Waals surface area contributed by atoms with Gasteiger partial charge in [-0.05, 0) is 42.8 Å². The first-order valence-electron chi connectivity index (χ1n) is 6.47. The van der Waals surface area contributed by atoms with Gasteiger partial charge in [-0.2, -0.15) is 0 Å². The molecule has 22 heavy (non-hydrogen) atoms. The van der Waals surface area contributed by atoms with E-state index in [0.717, 1.165) is 11.6 Å². The molecule has 0 spiro atoms. The summed E-state index contributed by atoms with van der Waals surface area (Å²) in [6, 6.07) is 13.0. The molecule has 0 aromatic heterocycles. The lowest BCUT2D eigenvalue weighted by molar-refractivity contribution is -0.131. The maximum absolute atomic E-state index is 12.3. The van der Waals surface area contributed by atoms with Crippen molar-refractivity contribution in [1.29, 1.82) is 0 Å². The van der Waals surface area contributed by atoms with Crippen molar-refractivity contribution >= 4 is 27.8 Å². The molecule has 0 radical (unpaired) electrons. The van der Waals surface area contributed by atoms with Crippen molar-refractivity contribution in [2.24, 2.45) is 0 Å². The summed E-state index contributed by atoms with van der Waals surface area (Å²) < 4.78 is 27.0. The molecule has 0 amide bonds. The fraction of sp³-hybridized carbons (Fsp3) is 0.0625. The first kappa shape index (κ1) is 15.8. The lowest BCUT2D eigenvalue weighted by Gasteiger charge is -2.09. The number of carbonyl (C=O) groups is 1. The predicted molar refractivity (Wildman–Crippen MR) is 85.1 cm³/mol. The van der Waals surface area contributed by atoms with Crippen LogP contribution in [-0.2, 0) is 14.8 Å². The Kier molecular flexibility index (Phi) is 4.62. The SMILES string of the molecule is Cc1ccc(S(=O)(=O)Nc2cccc(/C=C/C(=O)O)c2)cc1. The van der Waals surface area contributed by atoms with Gasteiger partial charge in [-0.25, -0.2) is 13.2 Å². The monoisotopic (exact) mass is 317 g/mol. The van der Waals surface area contributed by atoms with Crippen LogP contribution in [0.5, 0.6) is 0 Å². The molecule has 0 saturated heterocycles. The quantitative estimate of drug-likeness (QED) is 0.831. The normalized spacial score (nSPS) is 11.5. The molecular formula is C16H15NO4S. The van der Waals surface area contributed by atoms with Crippen LogP contribution in [0, 0.1) is 6.92 Å². The van der Waals surface area contributed by atoms with Gasteiger partial charge in [0.1, 0.15) is 0 Å². The molecule has 0 aliphatic rings. The van der Waals surface area contributed by atoms with E-state index in [2.05, 4.69) is 4.72 Å². The summed E-state index contributed by atoms with van der Waals surface area (Å²) in [7, 11) is -3.67. The van der Waals surface area contributed by atoms with Crippen LogP contribution in [0.25, 0.3) is 6.08 Å². The molecule has 2 rings (SSSR count). The molecule has 0 aliphatic carbocycles. The van der Waals surface area contributed by atoms with Gasteiger partial charge in [0, 0.05) is 11.8 Å². The first-order valence-corrected chi connectivity index (χ1v) is 7.96. The zero-order valence-electron chi connectivity index (χ0n) is 11.9. The minimum Gasteiger partial charge on any atom is -0.478 e. The number of hydrogen-bond acceptors (Lipinski definition) is 3. The number of nitrogens with one attached hydrogen (secondary N) is 1. The Balaban J connectivity index is 2.24. The Hall–Kier alpha value is -2.60. The molecule has 5 nitrogen and oxygen atoms in total. The Bertz CT molecular complexity index is 808. The molecule has 114 valence electrons. The third kappa shape index (κ3) is 4.20. The number of aryl methyl sites for hydroxylation is 1. The third-order valence-electron chi connectivity index (χ3n) is 2.89. The van der Waals surface area contributed by atoms with Crippen LogP contribution in [0.1, 0.15) is 11.1 Å². The average Bonchev–Trinajstić information content (AvgIpc) is 2.45. The van der Waals surface area contributed by atoms with E-state index in [1.807, 2.05) is 6.92 Å². The molecule has 6 heteroatoms. The second kappa shape index (κ2) is 6.44. The molecule has 0 bridgehead atoms. The highest BCUT2D eigenvalue weighted by molar-refractivity contribution is 7.92. The molecule has 0 fully saturated rings. The van der Waals surface area contributed by atoms with Crippen LogP contribution in [0.2, 0.25) is 0 Å². The summed E-state index contributed by atoms with van der Waals surface area (Å²) in [5.41, 5.74) is 1.93. The summed E-state index contributed by atoms with van der Waals surface area (Å²) in [5.74, 6) is -1.06. The number of benzene rings is 2. The van der Waals surface area contributed by atoms with Crippen molar-refractivity contribution in [2.45, 2.75) is 11.8 Å². The molecule has 0 atom stereocenters. The number of rotatable bonds is 5. The van der Waals surface area contributed by atoms with Gasteiger partial charge in [0.05, 0.1) is 4.90 Å². The highest BCUT2D eigenvalue weighted by atomic mass is 32.2. The van der Waals surface area contributed by atoms with Crippen molar-refractivity contribution in [3.8, 4) is 0 Å². The number of anilines is 1. The van der Waals surface area contributed by atoms with E-state index in [-0.39, 0.29) is 4.90 Å². The molecule has 2 N–H and O–H groups in total. The number of sulfonamides is 1. The molecule has 0 unspecified atom stereocenters. The minimum absolute atomic E-state index is 0.171. The summed E-state index contributed by atoms with van der Waals surface area (Å²) in [6.45, 7) is 1.88. The van der Waals surface area contributed by atoms with Gasteiger partial charge in [0.25, 0.3) is 10.0 Å². The van der Waals surface area contributed by atoms with Crippen LogP contribution in [0.15, 0.2) is 59.5 Å². The van der Waals surface area contributed by atoms with Gasteiger partial charge in [0.15, 0.2) is 0 Å². The van der Waals surface area contributed by atoms with Gasteiger partial charge in [-0.15, -0.1) is 0 Å². The van der Waals surface area contributed by atoms with Crippen LogP contribution >= 0.6 is 0 Å². The van der Waals surface area contributed by atoms with Crippen molar-refractivity contribution in [2.75, 3.05) is 4.72 Å². The average molecular weight is 317 g/mol. The molecular weight excluding hydrogens is 302 g/mol. The molecule has 0 heterocycles. The smallest absolute Gasteiger partial charge is 0.328 e. The lowest BCUT2D eigenvalue weighted by Crippen LogP contribution is -2.12. The number of carboxylic acids is 1. The van der Waals surface area contributed by atoms with Crippen LogP contribution in [0.3, 0.4) is 0 Å². The maximum Gasteiger partial charge on any atom is 0.328 e. The van der Waals surface area contributed by atoms with E-state index >= 15 is 0 Å². The largest absolute Gasteiger partial charge is 0.478 e. The molecule has 2 aromatic carbocycles. The van der Waals surface area contributed by atoms with E-state index in [0.29, 0.717) is 11.3 Å². The Morgan fingerprint density at radius 1 is 1.14 bits per heavy atom. The number of hydrogen-bond donors (Lipinski definition) is 2. The summed E-state index contributed by atoms with van der Waals surface area (Å²) in [4.78, 5) is 10.7. The van der Waals surface area contributed by atoms with Gasteiger partial charge in [0.2, 0.25) is 0 Å². The Labute approximate surface area is 129 Å². The van der Waals surface area contributed by atoms with E-state index in [1.54, 1.807) is 36.4 Å². The standard InChI is InChI=1S/C16H15NO4S/c1-12-5-8-15(9-6-12)22(20,21)17-14-4-2-3-13(11-14)7-10-16(18)19/h2-11,17H,1H3,(H,18,19)/b10-7+. The second-order valence-corrected chi connectivity index (χ2v) is 6.40. The zero-order valence-corrected chi connectivity index (χ0v) is 12.7. The zero-order chi connectivity index (χ0) is 16.2. The summed E-state index contributed by atoms with van der Waals surface area (Å²) in [6.07, 6.45) is 2.39. The highest BCUT2D eigenvalue weighted by Gasteiger charge is 2.13. The topological polar surface area (TPSA) is 83.5 Å². The van der Waals surface area contributed by atoms with Gasteiger partial charge in [-0.3, -0.25) is 4.72 Å². The molecule has 2 aromatic rings. The highest BCUT2D eigenvalue weighted by Crippen LogP contribution is 2.18. The first-order chi connectivity index (χ1) is 10.4. The fourth-order valence-corrected chi connectivity index (χ4v) is 2.85. The Morgan fingerprint density at radius 3 is 2.45 bits per heavy atom. The Morgan fingerprint density at radius 2 is 1.82 bits per heavy atom. The van der Waals surface area contributed by atoms with E-state index in [4.69, 9.17) is 5.11 Å². The number of aliphatic carboxylic acids is 1. The van der Waals surface area contributed by atoms with E-state index < -0.39 is 16.0 Å². The van der Waals surface area contributed by atoms with Gasteiger partial charge in [-0.1, -0.05) is 29.8 Å². The van der Waals surface area contributed by atoms with Crippen molar-refractivity contribution in [3.63, 3.8) is 0 Å². The van der Waals surface area contributed by atoms with E-state index in [1.165, 1.54) is 18.2 Å². The van der Waals surface area contributed by atoms with E-state index in [9.17, 15) is 13.2 Å². The van der Waals surface area contributed by atoms with Gasteiger partial charge >= 0.3 is 5.97 Å². The lowest BCUT2D eigenvalue weighted by atomic mass is 10.2. The minimum atomic E-state index is -3.67. The maximum atomic E-state index is 12.3. The summed E-state index contributed by atoms with van der Waals surface area (Å²) in [5, 5.41) is 8.60. The van der Waals surface area contributed by atoms with Crippen LogP contribution in [0.4, 0.5) is 5.69 Å². The third-order valence-corrected chi connectivity index (χ3v) is 4.29. The van der Waals surface area contributed by atoms with Crippen molar-refractivity contribution in [3.05, 3.63) is 65.7 Å². The summed E-state index contributed by atoms with van der Waals surface area (Å²) >= 11 is 0. The molecule has 0 saturated carbocycles. The second-order valence-electron chi connectivity index (χ2n) is 4.72. The van der Waals surface area contributed by atoms with Gasteiger partial charge < -0.3 is 5.11 Å². The van der Waals surface area contributed by atoms with Crippen molar-refractivity contribution in [1.82, 2.24) is 0 Å². The van der Waals surface area contributed by atoms with Crippen LogP contribution in [-0.4, -0.2) is 19.5 Å². The van der Waals surface area contributed by atoms with Crippen LogP contribution < -0.4 is 4.72 Å². The van der Waals surface area contributed by atoms with Crippen molar-refractivity contribution < 1.29 is 18.3 Å². The number of carboxylic acid groups (broad SMARTS) is 1. The molecule has 0 aliphatic heterocycles.